The monoisotopic (exact) mass is 286 g/mol. The highest BCUT2D eigenvalue weighted by molar-refractivity contribution is 7.85. The molecule has 1 aromatic heterocycles. The highest BCUT2D eigenvalue weighted by Gasteiger charge is 2.11. The third-order valence-corrected chi connectivity index (χ3v) is 3.73. The molecule has 0 radical (unpaired) electrons. The van der Waals surface area contributed by atoms with E-state index >= 15 is 0 Å². The van der Waals surface area contributed by atoms with E-state index in [1.807, 2.05) is 24.3 Å². The van der Waals surface area contributed by atoms with Crippen LogP contribution in [0.5, 0.6) is 0 Å². The van der Waals surface area contributed by atoms with Gasteiger partial charge in [0.15, 0.2) is 0 Å². The van der Waals surface area contributed by atoms with E-state index in [-0.39, 0.29) is 4.90 Å². The molecule has 20 heavy (non-hydrogen) atoms. The van der Waals surface area contributed by atoms with Crippen molar-refractivity contribution in [3.05, 3.63) is 54.7 Å². The Kier molecular flexibility index (Phi) is 2.96. The molecule has 0 aliphatic carbocycles. The first-order chi connectivity index (χ1) is 9.54. The molecule has 3 aromatic rings. The molecule has 0 amide bonds. The highest BCUT2D eigenvalue weighted by atomic mass is 32.2. The summed E-state index contributed by atoms with van der Waals surface area (Å²) < 4.78 is 31.4. The van der Waals surface area contributed by atoms with Crippen LogP contribution in [0.15, 0.2) is 59.6 Å². The van der Waals surface area contributed by atoms with Crippen molar-refractivity contribution < 1.29 is 13.0 Å². The maximum Gasteiger partial charge on any atom is 0.294 e. The fourth-order valence-corrected chi connectivity index (χ4v) is 2.44. The molecule has 2 aromatic carbocycles. The topological polar surface area (TPSA) is 80.2 Å². The second-order valence-electron chi connectivity index (χ2n) is 4.25. The standard InChI is InChI=1S/C14H10N2O3S/c17-20(18,19)11-5-3-4-10(8-11)14-9-15-12-6-1-2-7-13(12)16-14/h1-9H,(H,17,18,19). The van der Waals surface area contributed by atoms with Crippen LogP contribution in [-0.2, 0) is 10.1 Å². The number of benzene rings is 2. The van der Waals surface area contributed by atoms with Gasteiger partial charge < -0.3 is 0 Å². The SMILES string of the molecule is O=S(=O)(O)c1cccc(-c2cnc3ccccc3n2)c1. The van der Waals surface area contributed by atoms with Gasteiger partial charge in [0.25, 0.3) is 10.1 Å². The van der Waals surface area contributed by atoms with Crippen LogP contribution in [0.2, 0.25) is 0 Å². The molecule has 0 unspecified atom stereocenters. The van der Waals surface area contributed by atoms with Crippen molar-refractivity contribution in [1.82, 2.24) is 9.97 Å². The van der Waals surface area contributed by atoms with Gasteiger partial charge in [-0.2, -0.15) is 8.42 Å². The molecular formula is C14H10N2O3S. The zero-order valence-electron chi connectivity index (χ0n) is 10.3. The number of para-hydroxylation sites is 2. The summed E-state index contributed by atoms with van der Waals surface area (Å²) in [6.07, 6.45) is 1.57. The van der Waals surface area contributed by atoms with Crippen molar-refractivity contribution >= 4 is 21.2 Å². The van der Waals surface area contributed by atoms with Crippen LogP contribution in [0.4, 0.5) is 0 Å². The predicted octanol–water partition coefficient (Wildman–Crippen LogP) is 2.54. The maximum absolute atomic E-state index is 11.1. The van der Waals surface area contributed by atoms with E-state index in [1.54, 1.807) is 18.3 Å². The lowest BCUT2D eigenvalue weighted by molar-refractivity contribution is 0.483. The fourth-order valence-electron chi connectivity index (χ4n) is 1.91. The molecule has 0 aliphatic heterocycles. The van der Waals surface area contributed by atoms with Crippen LogP contribution in [0.25, 0.3) is 22.3 Å². The molecule has 100 valence electrons. The Morgan fingerprint density at radius 3 is 2.45 bits per heavy atom. The molecule has 6 heteroatoms. The minimum atomic E-state index is -4.22. The van der Waals surface area contributed by atoms with Crippen LogP contribution in [0, 0.1) is 0 Å². The summed E-state index contributed by atoms with van der Waals surface area (Å²) in [4.78, 5) is 8.54. The van der Waals surface area contributed by atoms with Gasteiger partial charge in [-0.25, -0.2) is 4.98 Å². The van der Waals surface area contributed by atoms with Crippen molar-refractivity contribution in [2.75, 3.05) is 0 Å². The Labute approximate surface area is 115 Å². The zero-order chi connectivity index (χ0) is 14.2. The van der Waals surface area contributed by atoms with E-state index < -0.39 is 10.1 Å². The summed E-state index contributed by atoms with van der Waals surface area (Å²) in [5.41, 5.74) is 2.62. The summed E-state index contributed by atoms with van der Waals surface area (Å²) in [7, 11) is -4.22. The fraction of sp³-hybridized carbons (Fsp3) is 0. The summed E-state index contributed by atoms with van der Waals surface area (Å²) in [5, 5.41) is 0. The molecular weight excluding hydrogens is 276 g/mol. The van der Waals surface area contributed by atoms with Gasteiger partial charge in [-0.1, -0.05) is 24.3 Å². The van der Waals surface area contributed by atoms with Crippen molar-refractivity contribution in [2.24, 2.45) is 0 Å². The van der Waals surface area contributed by atoms with Crippen molar-refractivity contribution in [1.29, 1.82) is 0 Å². The van der Waals surface area contributed by atoms with E-state index in [2.05, 4.69) is 9.97 Å². The minimum Gasteiger partial charge on any atom is -0.282 e. The maximum atomic E-state index is 11.1. The van der Waals surface area contributed by atoms with Gasteiger partial charge in [-0.05, 0) is 24.3 Å². The van der Waals surface area contributed by atoms with Crippen LogP contribution in [0.1, 0.15) is 0 Å². The minimum absolute atomic E-state index is 0.162. The van der Waals surface area contributed by atoms with E-state index in [0.29, 0.717) is 11.3 Å². The first-order valence-corrected chi connectivity index (χ1v) is 7.28. The van der Waals surface area contributed by atoms with E-state index in [0.717, 1.165) is 11.0 Å². The van der Waals surface area contributed by atoms with Crippen molar-refractivity contribution in [2.45, 2.75) is 4.90 Å². The summed E-state index contributed by atoms with van der Waals surface area (Å²) in [5.74, 6) is 0. The van der Waals surface area contributed by atoms with Crippen LogP contribution in [-0.4, -0.2) is 22.9 Å². The van der Waals surface area contributed by atoms with Crippen LogP contribution < -0.4 is 0 Å². The lowest BCUT2D eigenvalue weighted by atomic mass is 10.1. The number of aromatic nitrogens is 2. The second kappa shape index (κ2) is 4.66. The van der Waals surface area contributed by atoms with Gasteiger partial charge in [0.2, 0.25) is 0 Å². The van der Waals surface area contributed by atoms with Crippen LogP contribution >= 0.6 is 0 Å². The largest absolute Gasteiger partial charge is 0.294 e. The molecule has 3 rings (SSSR count). The highest BCUT2D eigenvalue weighted by Crippen LogP contribution is 2.21. The van der Waals surface area contributed by atoms with E-state index in [4.69, 9.17) is 4.55 Å². The first kappa shape index (κ1) is 12.7. The number of rotatable bonds is 2. The number of nitrogens with zero attached hydrogens (tertiary/aromatic N) is 2. The van der Waals surface area contributed by atoms with Gasteiger partial charge in [-0.3, -0.25) is 9.54 Å². The van der Waals surface area contributed by atoms with Crippen molar-refractivity contribution in [3.8, 4) is 11.3 Å². The summed E-state index contributed by atoms with van der Waals surface area (Å²) in [6.45, 7) is 0. The number of hydrogen-bond donors (Lipinski definition) is 1. The normalized spacial score (nSPS) is 11.7. The summed E-state index contributed by atoms with van der Waals surface area (Å²) >= 11 is 0. The quantitative estimate of drug-likeness (QED) is 0.732. The lowest BCUT2D eigenvalue weighted by Crippen LogP contribution is -1.98. The predicted molar refractivity (Wildman–Crippen MR) is 74.8 cm³/mol. The Morgan fingerprint density at radius 2 is 1.70 bits per heavy atom. The molecule has 1 N–H and O–H groups in total. The lowest BCUT2D eigenvalue weighted by Gasteiger charge is -2.04. The number of fused-ring (bicyclic) bond motifs is 1. The van der Waals surface area contributed by atoms with Crippen molar-refractivity contribution in [3.63, 3.8) is 0 Å². The average molecular weight is 286 g/mol. The third kappa shape index (κ3) is 2.38. The molecule has 0 bridgehead atoms. The van der Waals surface area contributed by atoms with Gasteiger partial charge in [0.05, 0.1) is 27.8 Å². The number of hydrogen-bond acceptors (Lipinski definition) is 4. The zero-order valence-corrected chi connectivity index (χ0v) is 11.1. The second-order valence-corrected chi connectivity index (χ2v) is 5.67. The van der Waals surface area contributed by atoms with Gasteiger partial charge in [0.1, 0.15) is 0 Å². The Hall–Kier alpha value is -2.31. The van der Waals surface area contributed by atoms with Gasteiger partial charge in [0, 0.05) is 5.56 Å². The average Bonchev–Trinajstić information content (AvgIpc) is 2.46. The molecule has 0 aliphatic rings. The Bertz CT molecular complexity index is 892. The van der Waals surface area contributed by atoms with E-state index in [9.17, 15) is 8.42 Å². The molecule has 5 nitrogen and oxygen atoms in total. The smallest absolute Gasteiger partial charge is 0.282 e. The van der Waals surface area contributed by atoms with Crippen LogP contribution in [0.3, 0.4) is 0 Å². The third-order valence-electron chi connectivity index (χ3n) is 2.88. The summed E-state index contributed by atoms with van der Waals surface area (Å²) in [6, 6.07) is 13.4. The van der Waals surface area contributed by atoms with E-state index in [1.165, 1.54) is 12.1 Å². The van der Waals surface area contributed by atoms with Gasteiger partial charge in [-0.15, -0.1) is 0 Å². The molecule has 0 fully saturated rings. The Balaban J connectivity index is 2.16. The molecule has 0 saturated heterocycles. The molecule has 0 atom stereocenters. The van der Waals surface area contributed by atoms with Gasteiger partial charge >= 0.3 is 0 Å². The first-order valence-electron chi connectivity index (χ1n) is 5.84. The Morgan fingerprint density at radius 1 is 0.950 bits per heavy atom. The molecule has 0 saturated carbocycles. The molecule has 1 heterocycles. The molecule has 0 spiro atoms.